The highest BCUT2D eigenvalue weighted by molar-refractivity contribution is 6.30. The largest absolute Gasteiger partial charge is 0.492 e. The van der Waals surface area contributed by atoms with Gasteiger partial charge in [0.1, 0.15) is 18.1 Å². The summed E-state index contributed by atoms with van der Waals surface area (Å²) >= 11 is 5.88. The summed E-state index contributed by atoms with van der Waals surface area (Å²) in [5.41, 5.74) is 1.27. The summed E-state index contributed by atoms with van der Waals surface area (Å²) in [6, 6.07) is 12.4. The van der Waals surface area contributed by atoms with E-state index in [4.69, 9.17) is 21.1 Å². The SMILES string of the molecule is CCC(CC)C(=O)Nc1ccc2c(c1)N(CCOc1ccc(Cl)cc1)C(=O)CO2. The number of nitrogens with one attached hydrogen (secondary N) is 1. The van der Waals surface area contributed by atoms with Crippen LogP contribution < -0.4 is 19.7 Å². The van der Waals surface area contributed by atoms with E-state index in [0.717, 1.165) is 12.8 Å². The van der Waals surface area contributed by atoms with Crippen molar-refractivity contribution in [3.63, 3.8) is 0 Å². The van der Waals surface area contributed by atoms with E-state index in [2.05, 4.69) is 5.32 Å². The Labute approximate surface area is 175 Å². The third-order valence-corrected chi connectivity index (χ3v) is 5.18. The number of hydrogen-bond acceptors (Lipinski definition) is 4. The fourth-order valence-corrected chi connectivity index (χ4v) is 3.34. The molecule has 0 unspecified atom stereocenters. The van der Waals surface area contributed by atoms with Crippen molar-refractivity contribution in [2.24, 2.45) is 5.92 Å². The van der Waals surface area contributed by atoms with E-state index in [9.17, 15) is 9.59 Å². The van der Waals surface area contributed by atoms with Crippen molar-refractivity contribution in [2.75, 3.05) is 30.0 Å². The van der Waals surface area contributed by atoms with Gasteiger partial charge in [0.25, 0.3) is 5.91 Å². The molecular formula is C22H25ClN2O4. The molecule has 0 aromatic heterocycles. The summed E-state index contributed by atoms with van der Waals surface area (Å²) < 4.78 is 11.3. The summed E-state index contributed by atoms with van der Waals surface area (Å²) in [7, 11) is 0. The molecule has 6 nitrogen and oxygen atoms in total. The molecule has 2 amide bonds. The third kappa shape index (κ3) is 5.21. The van der Waals surface area contributed by atoms with Crippen LogP contribution in [0.1, 0.15) is 26.7 Å². The number of amides is 2. The second-order valence-corrected chi connectivity index (χ2v) is 7.26. The molecule has 1 N–H and O–H groups in total. The van der Waals surface area contributed by atoms with E-state index >= 15 is 0 Å². The Balaban J connectivity index is 1.70. The first kappa shape index (κ1) is 21.0. The first-order chi connectivity index (χ1) is 14.0. The minimum atomic E-state index is -0.152. The Morgan fingerprint density at radius 1 is 1.21 bits per heavy atom. The molecular weight excluding hydrogens is 392 g/mol. The minimum absolute atomic E-state index is 0.0179. The lowest BCUT2D eigenvalue weighted by Gasteiger charge is -2.30. The van der Waals surface area contributed by atoms with E-state index in [1.165, 1.54) is 0 Å². The Bertz CT molecular complexity index is 866. The molecule has 0 atom stereocenters. The highest BCUT2D eigenvalue weighted by atomic mass is 35.5. The Morgan fingerprint density at radius 2 is 1.93 bits per heavy atom. The predicted molar refractivity (Wildman–Crippen MR) is 114 cm³/mol. The van der Waals surface area contributed by atoms with Crippen LogP contribution in [0.5, 0.6) is 11.5 Å². The maximum atomic E-state index is 12.4. The van der Waals surface area contributed by atoms with Crippen LogP contribution in [0.3, 0.4) is 0 Å². The first-order valence-corrected chi connectivity index (χ1v) is 10.2. The van der Waals surface area contributed by atoms with Gasteiger partial charge in [-0.25, -0.2) is 0 Å². The fourth-order valence-electron chi connectivity index (χ4n) is 3.21. The quantitative estimate of drug-likeness (QED) is 0.687. The number of carbonyl (C=O) groups is 2. The van der Waals surface area contributed by atoms with Gasteiger partial charge in [0.2, 0.25) is 5.91 Å². The highest BCUT2D eigenvalue weighted by Crippen LogP contribution is 2.34. The molecule has 3 rings (SSSR count). The van der Waals surface area contributed by atoms with E-state index in [1.807, 2.05) is 13.8 Å². The maximum Gasteiger partial charge on any atom is 0.265 e. The lowest BCUT2D eigenvalue weighted by molar-refractivity contribution is -0.121. The molecule has 0 spiro atoms. The maximum absolute atomic E-state index is 12.4. The number of nitrogens with zero attached hydrogens (tertiary/aromatic N) is 1. The van der Waals surface area contributed by atoms with Crippen LogP contribution >= 0.6 is 11.6 Å². The Morgan fingerprint density at radius 3 is 2.62 bits per heavy atom. The molecule has 0 radical (unpaired) electrons. The van der Waals surface area contributed by atoms with Crippen molar-refractivity contribution < 1.29 is 19.1 Å². The molecule has 2 aromatic rings. The number of hydrogen-bond donors (Lipinski definition) is 1. The molecule has 0 aliphatic carbocycles. The van der Waals surface area contributed by atoms with Gasteiger partial charge in [-0.2, -0.15) is 0 Å². The van der Waals surface area contributed by atoms with E-state index in [0.29, 0.717) is 41.0 Å². The molecule has 0 saturated heterocycles. The van der Waals surface area contributed by atoms with Gasteiger partial charge in [0.05, 0.1) is 12.2 Å². The van der Waals surface area contributed by atoms with Crippen molar-refractivity contribution in [3.05, 3.63) is 47.5 Å². The highest BCUT2D eigenvalue weighted by Gasteiger charge is 2.26. The van der Waals surface area contributed by atoms with Gasteiger partial charge in [-0.3, -0.25) is 9.59 Å². The average molecular weight is 417 g/mol. The molecule has 1 heterocycles. The zero-order valence-corrected chi connectivity index (χ0v) is 17.4. The minimum Gasteiger partial charge on any atom is -0.492 e. The number of rotatable bonds is 8. The lowest BCUT2D eigenvalue weighted by Crippen LogP contribution is -2.41. The number of ether oxygens (including phenoxy) is 2. The molecule has 0 saturated carbocycles. The standard InChI is InChI=1S/C22H25ClN2O4/c1-3-15(4-2)22(27)24-17-7-10-20-19(13-17)25(21(26)14-29-20)11-12-28-18-8-5-16(23)6-9-18/h5-10,13,15H,3-4,11-12,14H2,1-2H3,(H,24,27). The van der Waals surface area contributed by atoms with Gasteiger partial charge in [0, 0.05) is 16.6 Å². The number of anilines is 2. The summed E-state index contributed by atoms with van der Waals surface area (Å²) in [6.07, 6.45) is 1.56. The van der Waals surface area contributed by atoms with Crippen LogP contribution in [-0.4, -0.2) is 31.6 Å². The van der Waals surface area contributed by atoms with Crippen LogP contribution in [0.4, 0.5) is 11.4 Å². The van der Waals surface area contributed by atoms with Gasteiger partial charge < -0.3 is 19.7 Å². The van der Waals surface area contributed by atoms with Crippen molar-refractivity contribution in [2.45, 2.75) is 26.7 Å². The number of benzene rings is 2. The zero-order chi connectivity index (χ0) is 20.8. The van der Waals surface area contributed by atoms with Crippen molar-refractivity contribution in [1.82, 2.24) is 0 Å². The first-order valence-electron chi connectivity index (χ1n) is 9.78. The van der Waals surface area contributed by atoms with Gasteiger partial charge in [0.15, 0.2) is 6.61 Å². The monoisotopic (exact) mass is 416 g/mol. The lowest BCUT2D eigenvalue weighted by atomic mass is 10.0. The summed E-state index contributed by atoms with van der Waals surface area (Å²) in [4.78, 5) is 26.4. The zero-order valence-electron chi connectivity index (χ0n) is 16.6. The van der Waals surface area contributed by atoms with Crippen LogP contribution in [0.2, 0.25) is 5.02 Å². The number of carbonyl (C=O) groups excluding carboxylic acids is 2. The Kier molecular flexibility index (Phi) is 6.99. The topological polar surface area (TPSA) is 67.9 Å². The van der Waals surface area contributed by atoms with Crippen molar-refractivity contribution in [3.8, 4) is 11.5 Å². The second kappa shape index (κ2) is 9.65. The molecule has 0 bridgehead atoms. The molecule has 1 aliphatic heterocycles. The van der Waals surface area contributed by atoms with E-state index in [1.54, 1.807) is 47.4 Å². The normalized spacial score (nSPS) is 13.1. The summed E-state index contributed by atoms with van der Waals surface area (Å²) in [6.45, 7) is 4.65. The molecule has 2 aromatic carbocycles. The van der Waals surface area contributed by atoms with E-state index in [-0.39, 0.29) is 24.3 Å². The van der Waals surface area contributed by atoms with Crippen molar-refractivity contribution in [1.29, 1.82) is 0 Å². The Hall–Kier alpha value is -2.73. The summed E-state index contributed by atoms with van der Waals surface area (Å²) in [5, 5.41) is 3.58. The van der Waals surface area contributed by atoms with Crippen LogP contribution in [0.25, 0.3) is 0 Å². The third-order valence-electron chi connectivity index (χ3n) is 4.92. The number of fused-ring (bicyclic) bond motifs is 1. The second-order valence-electron chi connectivity index (χ2n) is 6.82. The van der Waals surface area contributed by atoms with Crippen molar-refractivity contribution >= 4 is 34.8 Å². The molecule has 1 aliphatic rings. The molecule has 7 heteroatoms. The van der Waals surface area contributed by atoms with Gasteiger partial charge in [-0.05, 0) is 55.3 Å². The van der Waals surface area contributed by atoms with Crippen LogP contribution in [-0.2, 0) is 9.59 Å². The summed E-state index contributed by atoms with van der Waals surface area (Å²) in [5.74, 6) is 1.09. The fraction of sp³-hybridized carbons (Fsp3) is 0.364. The average Bonchev–Trinajstić information content (AvgIpc) is 2.72. The predicted octanol–water partition coefficient (Wildman–Crippen LogP) is 4.52. The van der Waals surface area contributed by atoms with Gasteiger partial charge in [-0.15, -0.1) is 0 Å². The van der Waals surface area contributed by atoms with Gasteiger partial charge in [-0.1, -0.05) is 25.4 Å². The molecule has 29 heavy (non-hydrogen) atoms. The number of halogens is 1. The smallest absolute Gasteiger partial charge is 0.265 e. The molecule has 154 valence electrons. The van der Waals surface area contributed by atoms with Gasteiger partial charge >= 0.3 is 0 Å². The van der Waals surface area contributed by atoms with Crippen LogP contribution in [0.15, 0.2) is 42.5 Å². The van der Waals surface area contributed by atoms with E-state index < -0.39 is 0 Å². The molecule has 0 fully saturated rings. The van der Waals surface area contributed by atoms with Crippen LogP contribution in [0, 0.1) is 5.92 Å².